The quantitative estimate of drug-likeness (QED) is 0.401. The molecule has 0 saturated carbocycles. The van der Waals surface area contributed by atoms with E-state index in [0.717, 1.165) is 72.5 Å². The van der Waals surface area contributed by atoms with Crippen LogP contribution in [0.15, 0.2) is 49.2 Å². The summed E-state index contributed by atoms with van der Waals surface area (Å²) >= 11 is 0. The van der Waals surface area contributed by atoms with Gasteiger partial charge in [0.25, 0.3) is 5.91 Å². The standard InChI is InChI=1S/C31H36N8O2/c1-20(2)30(40)31(41)38-10-8-23-17-37(9-4-5-22(23)18-38)28-7-6-21(13-33-28)27-11-24(26-15-34-36(3)16-26)19-39-29(27)25(12-32)14-35-39/h6-7,11,13-16,19-20,22-23,30,40H,4-5,8-10,17-18H2,1-3H3/t22?,23?,30-/m1/s1. The van der Waals surface area contributed by atoms with Crippen LogP contribution >= 0.6 is 0 Å². The predicted octanol–water partition coefficient (Wildman–Crippen LogP) is 3.75. The van der Waals surface area contributed by atoms with Crippen molar-refractivity contribution in [3.63, 3.8) is 0 Å². The third-order valence-corrected chi connectivity index (χ3v) is 8.70. The molecule has 2 aliphatic heterocycles. The van der Waals surface area contributed by atoms with Gasteiger partial charge in [-0.15, -0.1) is 0 Å². The van der Waals surface area contributed by atoms with E-state index in [4.69, 9.17) is 4.98 Å². The van der Waals surface area contributed by atoms with Crippen LogP contribution in [0.3, 0.4) is 0 Å². The number of nitrogens with zero attached hydrogens (tertiary/aromatic N) is 8. The average molecular weight is 553 g/mol. The molecule has 6 rings (SSSR count). The van der Waals surface area contributed by atoms with Crippen LogP contribution in [0.5, 0.6) is 0 Å². The van der Waals surface area contributed by atoms with Crippen LogP contribution in [0.1, 0.15) is 38.7 Å². The van der Waals surface area contributed by atoms with Gasteiger partial charge < -0.3 is 14.9 Å². The van der Waals surface area contributed by atoms with Gasteiger partial charge in [0.05, 0.1) is 23.5 Å². The van der Waals surface area contributed by atoms with Gasteiger partial charge in [0.1, 0.15) is 18.0 Å². The molecule has 2 unspecified atom stereocenters. The Morgan fingerprint density at radius 3 is 2.56 bits per heavy atom. The first-order valence-electron chi connectivity index (χ1n) is 14.4. The van der Waals surface area contributed by atoms with Crippen LogP contribution in [0, 0.1) is 29.1 Å². The van der Waals surface area contributed by atoms with Crippen LogP contribution in [0.4, 0.5) is 5.82 Å². The maximum Gasteiger partial charge on any atom is 0.251 e. The van der Waals surface area contributed by atoms with E-state index < -0.39 is 6.10 Å². The zero-order chi connectivity index (χ0) is 28.7. The molecule has 2 aliphatic rings. The SMILES string of the molecule is CC(C)[C@@H](O)C(=O)N1CCC2CN(c3ccc(-c4cc(-c5cnn(C)c5)cn5ncc(C#N)c45)cn3)CCCC2C1. The lowest BCUT2D eigenvalue weighted by molar-refractivity contribution is -0.145. The van der Waals surface area contributed by atoms with Crippen molar-refractivity contribution in [3.8, 4) is 28.3 Å². The number of hydrogen-bond donors (Lipinski definition) is 1. The van der Waals surface area contributed by atoms with Crippen LogP contribution in [0.25, 0.3) is 27.8 Å². The minimum Gasteiger partial charge on any atom is -0.383 e. The van der Waals surface area contributed by atoms with Crippen LogP contribution < -0.4 is 4.90 Å². The fraction of sp³-hybridized carbons (Fsp3) is 0.452. The van der Waals surface area contributed by atoms with Gasteiger partial charge >= 0.3 is 0 Å². The van der Waals surface area contributed by atoms with Gasteiger partial charge in [-0.25, -0.2) is 9.50 Å². The first kappa shape index (κ1) is 27.0. The number of pyridine rings is 2. The fourth-order valence-corrected chi connectivity index (χ4v) is 6.33. The molecule has 0 aromatic carbocycles. The molecule has 4 aromatic heterocycles. The Bertz CT molecular complexity index is 1600. The maximum atomic E-state index is 12.8. The Kier molecular flexibility index (Phi) is 7.22. The molecule has 4 aromatic rings. The summed E-state index contributed by atoms with van der Waals surface area (Å²) in [7, 11) is 1.89. The van der Waals surface area contributed by atoms with Gasteiger partial charge in [-0.05, 0) is 55.2 Å². The van der Waals surface area contributed by atoms with Crippen LogP contribution in [0.2, 0.25) is 0 Å². The Labute approximate surface area is 239 Å². The molecule has 0 bridgehead atoms. The first-order valence-corrected chi connectivity index (χ1v) is 14.4. The van der Waals surface area contributed by atoms with Crippen LogP contribution in [-0.4, -0.2) is 72.6 Å². The van der Waals surface area contributed by atoms with Crippen molar-refractivity contribution in [2.45, 2.75) is 39.2 Å². The van der Waals surface area contributed by atoms with Crippen molar-refractivity contribution in [2.75, 3.05) is 31.1 Å². The van der Waals surface area contributed by atoms with E-state index in [-0.39, 0.29) is 11.8 Å². The lowest BCUT2D eigenvalue weighted by Crippen LogP contribution is -2.49. The molecular weight excluding hydrogens is 516 g/mol. The third kappa shape index (κ3) is 5.18. The summed E-state index contributed by atoms with van der Waals surface area (Å²) in [5, 5.41) is 28.8. The second kappa shape index (κ2) is 11.0. The molecule has 10 heteroatoms. The summed E-state index contributed by atoms with van der Waals surface area (Å²) in [6, 6.07) is 8.50. The van der Waals surface area contributed by atoms with E-state index in [1.807, 2.05) is 50.6 Å². The molecule has 1 N–H and O–H groups in total. The molecule has 1 amide bonds. The van der Waals surface area contributed by atoms with Gasteiger partial charge in [-0.3, -0.25) is 9.48 Å². The van der Waals surface area contributed by atoms with Gasteiger partial charge in [0.15, 0.2) is 0 Å². The summed E-state index contributed by atoms with van der Waals surface area (Å²) in [6.07, 6.45) is 11.3. The number of aliphatic hydroxyl groups is 1. The highest BCUT2D eigenvalue weighted by atomic mass is 16.3. The van der Waals surface area contributed by atoms with E-state index >= 15 is 0 Å². The van der Waals surface area contributed by atoms with E-state index in [2.05, 4.69) is 39.4 Å². The Hall–Kier alpha value is -4.23. The molecule has 2 fully saturated rings. The first-order chi connectivity index (χ1) is 19.8. The fourth-order valence-electron chi connectivity index (χ4n) is 6.33. The summed E-state index contributed by atoms with van der Waals surface area (Å²) in [5.74, 6) is 1.66. The van der Waals surface area contributed by atoms with Crippen molar-refractivity contribution in [3.05, 3.63) is 54.7 Å². The molecule has 0 aliphatic carbocycles. The zero-order valence-corrected chi connectivity index (χ0v) is 23.8. The lowest BCUT2D eigenvalue weighted by Gasteiger charge is -2.40. The number of carbonyl (C=O) groups excluding carboxylic acids is 1. The van der Waals surface area contributed by atoms with Gasteiger partial charge in [0, 0.05) is 74.1 Å². The summed E-state index contributed by atoms with van der Waals surface area (Å²) in [5.41, 5.74) is 5.03. The number of aliphatic hydroxyl groups excluding tert-OH is 1. The maximum absolute atomic E-state index is 12.8. The number of piperidine rings is 1. The molecule has 0 spiro atoms. The Morgan fingerprint density at radius 1 is 1.02 bits per heavy atom. The number of fused-ring (bicyclic) bond motifs is 2. The van der Waals surface area contributed by atoms with Crippen molar-refractivity contribution in [1.29, 1.82) is 5.26 Å². The van der Waals surface area contributed by atoms with E-state index in [0.29, 0.717) is 23.9 Å². The molecule has 2 saturated heterocycles. The molecule has 6 heterocycles. The predicted molar refractivity (Wildman–Crippen MR) is 156 cm³/mol. The van der Waals surface area contributed by atoms with Crippen molar-refractivity contribution in [1.82, 2.24) is 29.3 Å². The molecule has 10 nitrogen and oxygen atoms in total. The lowest BCUT2D eigenvalue weighted by atomic mass is 9.83. The second-order valence-corrected chi connectivity index (χ2v) is 11.8. The number of anilines is 1. The van der Waals surface area contributed by atoms with Crippen LogP contribution in [-0.2, 0) is 11.8 Å². The normalized spacial score (nSPS) is 20.1. The number of likely N-dealkylation sites (tertiary alicyclic amines) is 1. The molecule has 3 atom stereocenters. The molecule has 212 valence electrons. The minimum atomic E-state index is -0.922. The average Bonchev–Trinajstić information content (AvgIpc) is 3.55. The number of rotatable bonds is 5. The molecule has 0 radical (unpaired) electrons. The highest BCUT2D eigenvalue weighted by molar-refractivity contribution is 5.87. The minimum absolute atomic E-state index is 0.0757. The van der Waals surface area contributed by atoms with E-state index in [9.17, 15) is 15.2 Å². The smallest absolute Gasteiger partial charge is 0.251 e. The van der Waals surface area contributed by atoms with Gasteiger partial charge in [-0.2, -0.15) is 15.5 Å². The third-order valence-electron chi connectivity index (χ3n) is 8.70. The van der Waals surface area contributed by atoms with E-state index in [1.165, 1.54) is 0 Å². The number of amides is 1. The number of aromatic nitrogens is 5. The van der Waals surface area contributed by atoms with Gasteiger partial charge in [-0.1, -0.05) is 13.8 Å². The summed E-state index contributed by atoms with van der Waals surface area (Å²) in [6.45, 7) is 7.02. The Morgan fingerprint density at radius 2 is 1.85 bits per heavy atom. The van der Waals surface area contributed by atoms with Crippen molar-refractivity contribution >= 4 is 17.2 Å². The number of carbonyl (C=O) groups is 1. The number of aryl methyl sites for hydroxylation is 1. The topological polar surface area (TPSA) is 116 Å². The zero-order valence-electron chi connectivity index (χ0n) is 23.8. The highest BCUT2D eigenvalue weighted by Gasteiger charge is 2.36. The largest absolute Gasteiger partial charge is 0.383 e. The van der Waals surface area contributed by atoms with Crippen molar-refractivity contribution in [2.24, 2.45) is 24.8 Å². The second-order valence-electron chi connectivity index (χ2n) is 11.8. The monoisotopic (exact) mass is 552 g/mol. The highest BCUT2D eigenvalue weighted by Crippen LogP contribution is 2.35. The summed E-state index contributed by atoms with van der Waals surface area (Å²) < 4.78 is 3.53. The Balaban J connectivity index is 1.23. The molecular formula is C31H36N8O2. The number of hydrogen-bond acceptors (Lipinski definition) is 7. The summed E-state index contributed by atoms with van der Waals surface area (Å²) in [4.78, 5) is 21.9. The number of nitriles is 1. The van der Waals surface area contributed by atoms with Crippen molar-refractivity contribution < 1.29 is 9.90 Å². The van der Waals surface area contributed by atoms with Gasteiger partial charge in [0.2, 0.25) is 0 Å². The van der Waals surface area contributed by atoms with E-state index in [1.54, 1.807) is 15.4 Å². The molecule has 41 heavy (non-hydrogen) atoms.